The molecule has 0 atom stereocenters. The van der Waals surface area contributed by atoms with Gasteiger partial charge in [0.25, 0.3) is 0 Å². The number of anilines is 2. The number of hydrogen-bond donors (Lipinski definition) is 2. The molecule has 0 bridgehead atoms. The Morgan fingerprint density at radius 1 is 1.57 bits per heavy atom. The van der Waals surface area contributed by atoms with E-state index in [1.54, 1.807) is 18.2 Å². The van der Waals surface area contributed by atoms with Crippen LogP contribution < -0.4 is 15.8 Å². The summed E-state index contributed by atoms with van der Waals surface area (Å²) in [5.41, 5.74) is 6.75. The summed E-state index contributed by atoms with van der Waals surface area (Å²) in [6, 6.07) is 5.27. The zero-order valence-electron chi connectivity index (χ0n) is 8.33. The Labute approximate surface area is 83.1 Å². The van der Waals surface area contributed by atoms with Gasteiger partial charge in [-0.2, -0.15) is 0 Å². The first-order chi connectivity index (χ1) is 6.65. The van der Waals surface area contributed by atoms with Crippen LogP contribution in [0.25, 0.3) is 0 Å². The van der Waals surface area contributed by atoms with Gasteiger partial charge in [-0.25, -0.2) is 0 Å². The maximum absolute atomic E-state index is 10.9. The molecule has 1 aromatic carbocycles. The highest BCUT2D eigenvalue weighted by Crippen LogP contribution is 2.30. The second-order valence-electron chi connectivity index (χ2n) is 2.83. The Hall–Kier alpha value is -1.71. The third-order valence-electron chi connectivity index (χ3n) is 1.66. The zero-order valence-corrected chi connectivity index (χ0v) is 8.33. The second kappa shape index (κ2) is 4.50. The van der Waals surface area contributed by atoms with Crippen molar-refractivity contribution in [3.8, 4) is 5.75 Å². The Bertz CT molecular complexity index is 337. The molecule has 0 unspecified atom stereocenters. The lowest BCUT2D eigenvalue weighted by Crippen LogP contribution is -2.10. The number of carbonyl (C=O) groups is 1. The van der Waals surface area contributed by atoms with Crippen LogP contribution in [0.3, 0.4) is 0 Å². The lowest BCUT2D eigenvalue weighted by atomic mass is 10.2. The summed E-state index contributed by atoms with van der Waals surface area (Å²) in [4.78, 5) is 10.9. The summed E-state index contributed by atoms with van der Waals surface area (Å²) in [6.07, 6.45) is 0. The fourth-order valence-electron chi connectivity index (χ4n) is 1.13. The second-order valence-corrected chi connectivity index (χ2v) is 2.83. The van der Waals surface area contributed by atoms with E-state index < -0.39 is 0 Å². The van der Waals surface area contributed by atoms with E-state index in [1.165, 1.54) is 6.92 Å². The van der Waals surface area contributed by atoms with Crippen molar-refractivity contribution in [2.24, 2.45) is 0 Å². The minimum absolute atomic E-state index is 0.163. The van der Waals surface area contributed by atoms with E-state index in [9.17, 15) is 4.79 Å². The predicted molar refractivity (Wildman–Crippen MR) is 56.3 cm³/mol. The first-order valence-electron chi connectivity index (χ1n) is 4.44. The molecule has 0 aliphatic heterocycles. The summed E-state index contributed by atoms with van der Waals surface area (Å²) in [7, 11) is 0. The molecule has 4 nitrogen and oxygen atoms in total. The maximum atomic E-state index is 10.9. The molecule has 0 heterocycles. The molecule has 0 radical (unpaired) electrons. The lowest BCUT2D eigenvalue weighted by molar-refractivity contribution is -0.114. The molecular formula is C10H14N2O2. The van der Waals surface area contributed by atoms with Gasteiger partial charge in [-0.1, -0.05) is 6.07 Å². The molecule has 1 amide bonds. The van der Waals surface area contributed by atoms with Gasteiger partial charge in [0.2, 0.25) is 5.91 Å². The van der Waals surface area contributed by atoms with E-state index in [1.807, 2.05) is 6.92 Å². The largest absolute Gasteiger partial charge is 0.492 e. The molecule has 14 heavy (non-hydrogen) atoms. The van der Waals surface area contributed by atoms with E-state index in [4.69, 9.17) is 10.5 Å². The highest BCUT2D eigenvalue weighted by atomic mass is 16.5. The quantitative estimate of drug-likeness (QED) is 0.719. The molecule has 0 aromatic heterocycles. The molecule has 1 rings (SSSR count). The van der Waals surface area contributed by atoms with E-state index in [0.717, 1.165) is 0 Å². The highest BCUT2D eigenvalue weighted by Gasteiger charge is 2.07. The van der Waals surface area contributed by atoms with Gasteiger partial charge in [0.1, 0.15) is 11.4 Å². The topological polar surface area (TPSA) is 64.3 Å². The normalized spacial score (nSPS) is 9.57. The molecule has 76 valence electrons. The van der Waals surface area contributed by atoms with Crippen LogP contribution >= 0.6 is 0 Å². The van der Waals surface area contributed by atoms with Gasteiger partial charge in [0.15, 0.2) is 0 Å². The van der Waals surface area contributed by atoms with Gasteiger partial charge >= 0.3 is 0 Å². The Morgan fingerprint density at radius 3 is 2.86 bits per heavy atom. The Kier molecular flexibility index (Phi) is 3.34. The van der Waals surface area contributed by atoms with Crippen LogP contribution in [0.15, 0.2) is 18.2 Å². The van der Waals surface area contributed by atoms with Crippen LogP contribution in [0.4, 0.5) is 11.4 Å². The van der Waals surface area contributed by atoms with E-state index in [0.29, 0.717) is 23.7 Å². The van der Waals surface area contributed by atoms with Crippen LogP contribution in [0.5, 0.6) is 5.75 Å². The number of benzene rings is 1. The SMILES string of the molecule is CCOc1cccc(N)c1NC(C)=O. The fourth-order valence-corrected chi connectivity index (χ4v) is 1.13. The van der Waals surface area contributed by atoms with Gasteiger partial charge in [-0.15, -0.1) is 0 Å². The van der Waals surface area contributed by atoms with Crippen LogP contribution in [0.2, 0.25) is 0 Å². The number of carbonyl (C=O) groups excluding carboxylic acids is 1. The van der Waals surface area contributed by atoms with Crippen molar-refractivity contribution < 1.29 is 9.53 Å². The van der Waals surface area contributed by atoms with Crippen molar-refractivity contribution in [1.29, 1.82) is 0 Å². The Morgan fingerprint density at radius 2 is 2.29 bits per heavy atom. The molecule has 0 aliphatic carbocycles. The first-order valence-corrected chi connectivity index (χ1v) is 4.44. The van der Waals surface area contributed by atoms with Crippen LogP contribution in [-0.4, -0.2) is 12.5 Å². The van der Waals surface area contributed by atoms with Gasteiger partial charge in [0, 0.05) is 6.92 Å². The predicted octanol–water partition coefficient (Wildman–Crippen LogP) is 1.63. The van der Waals surface area contributed by atoms with Gasteiger partial charge < -0.3 is 15.8 Å². The van der Waals surface area contributed by atoms with Crippen LogP contribution in [0, 0.1) is 0 Å². The third-order valence-corrected chi connectivity index (χ3v) is 1.66. The molecule has 0 saturated heterocycles. The number of ether oxygens (including phenoxy) is 1. The van der Waals surface area contributed by atoms with E-state index >= 15 is 0 Å². The minimum atomic E-state index is -0.163. The summed E-state index contributed by atoms with van der Waals surface area (Å²) in [5, 5.41) is 2.64. The average Bonchev–Trinajstić information content (AvgIpc) is 2.11. The maximum Gasteiger partial charge on any atom is 0.221 e. The van der Waals surface area contributed by atoms with Crippen molar-refractivity contribution >= 4 is 17.3 Å². The summed E-state index contributed by atoms with van der Waals surface area (Å²) >= 11 is 0. The average molecular weight is 194 g/mol. The van der Waals surface area contributed by atoms with Gasteiger partial charge in [-0.3, -0.25) is 4.79 Å². The van der Waals surface area contributed by atoms with Gasteiger partial charge in [-0.05, 0) is 19.1 Å². The first kappa shape index (κ1) is 10.4. The smallest absolute Gasteiger partial charge is 0.221 e. The van der Waals surface area contributed by atoms with Crippen molar-refractivity contribution in [1.82, 2.24) is 0 Å². The Balaban J connectivity index is 3.02. The van der Waals surface area contributed by atoms with Crippen LogP contribution in [-0.2, 0) is 4.79 Å². The molecule has 3 N–H and O–H groups in total. The molecular weight excluding hydrogens is 180 g/mol. The van der Waals surface area contributed by atoms with Crippen molar-refractivity contribution in [3.63, 3.8) is 0 Å². The lowest BCUT2D eigenvalue weighted by Gasteiger charge is -2.12. The summed E-state index contributed by atoms with van der Waals surface area (Å²) in [6.45, 7) is 3.85. The molecule has 0 aliphatic rings. The monoisotopic (exact) mass is 194 g/mol. The molecule has 1 aromatic rings. The molecule has 0 fully saturated rings. The number of para-hydroxylation sites is 1. The van der Waals surface area contributed by atoms with Gasteiger partial charge in [0.05, 0.1) is 12.3 Å². The number of amides is 1. The number of nitrogens with two attached hydrogens (primary N) is 1. The summed E-state index contributed by atoms with van der Waals surface area (Å²) in [5.74, 6) is 0.437. The standard InChI is InChI=1S/C10H14N2O2/c1-3-14-9-6-4-5-8(11)10(9)12-7(2)13/h4-6H,3,11H2,1-2H3,(H,12,13). The number of hydrogen-bond acceptors (Lipinski definition) is 3. The van der Waals surface area contributed by atoms with E-state index in [-0.39, 0.29) is 5.91 Å². The van der Waals surface area contributed by atoms with Crippen molar-refractivity contribution in [2.45, 2.75) is 13.8 Å². The van der Waals surface area contributed by atoms with E-state index in [2.05, 4.69) is 5.32 Å². The number of rotatable bonds is 3. The van der Waals surface area contributed by atoms with Crippen molar-refractivity contribution in [2.75, 3.05) is 17.7 Å². The number of nitrogen functional groups attached to an aromatic ring is 1. The zero-order chi connectivity index (χ0) is 10.6. The molecule has 0 saturated carbocycles. The third kappa shape index (κ3) is 2.39. The molecule has 4 heteroatoms. The molecule has 0 spiro atoms. The van der Waals surface area contributed by atoms with Crippen molar-refractivity contribution in [3.05, 3.63) is 18.2 Å². The highest BCUT2D eigenvalue weighted by molar-refractivity contribution is 5.94. The minimum Gasteiger partial charge on any atom is -0.492 e. The van der Waals surface area contributed by atoms with Crippen LogP contribution in [0.1, 0.15) is 13.8 Å². The number of nitrogens with one attached hydrogen (secondary N) is 1. The summed E-state index contributed by atoms with van der Waals surface area (Å²) < 4.78 is 5.32. The fraction of sp³-hybridized carbons (Fsp3) is 0.300.